The molecule has 5 nitrogen and oxygen atoms in total. The molecule has 6 heteroatoms. The van der Waals surface area contributed by atoms with Crippen LogP contribution in [0.3, 0.4) is 0 Å². The van der Waals surface area contributed by atoms with Crippen LogP contribution in [0.5, 0.6) is 0 Å². The highest BCUT2D eigenvalue weighted by Crippen LogP contribution is 2.23. The van der Waals surface area contributed by atoms with E-state index in [4.69, 9.17) is 0 Å². The van der Waals surface area contributed by atoms with E-state index < -0.39 is 0 Å². The summed E-state index contributed by atoms with van der Waals surface area (Å²) in [6.45, 7) is 3.38. The van der Waals surface area contributed by atoms with Crippen molar-refractivity contribution in [3.8, 4) is 0 Å². The fraction of sp³-hybridized carbons (Fsp3) is 0.391. The minimum absolute atomic E-state index is 0.0685. The molecule has 29 heavy (non-hydrogen) atoms. The van der Waals surface area contributed by atoms with Crippen molar-refractivity contribution >= 4 is 16.9 Å². The number of carbonyl (C=O) groups is 1. The first-order valence-corrected chi connectivity index (χ1v) is 10.3. The molecule has 0 spiro atoms. The number of hydrogen-bond donors (Lipinski definition) is 2. The molecule has 3 aromatic rings. The van der Waals surface area contributed by atoms with E-state index >= 15 is 0 Å². The summed E-state index contributed by atoms with van der Waals surface area (Å²) in [4.78, 5) is 22.6. The third-order valence-corrected chi connectivity index (χ3v) is 5.70. The van der Waals surface area contributed by atoms with E-state index in [9.17, 15) is 9.18 Å². The van der Waals surface area contributed by atoms with Gasteiger partial charge < -0.3 is 10.3 Å². The minimum Gasteiger partial charge on any atom is -0.352 e. The molecule has 0 atom stereocenters. The number of H-pyrrole nitrogens is 1. The maximum absolute atomic E-state index is 12.9. The number of para-hydroxylation sites is 2. The second kappa shape index (κ2) is 9.18. The molecule has 0 aliphatic carbocycles. The molecular formula is C23H27FN4O. The van der Waals surface area contributed by atoms with Gasteiger partial charge in [0.2, 0.25) is 5.91 Å². The molecule has 1 fully saturated rings. The highest BCUT2D eigenvalue weighted by molar-refractivity contribution is 5.76. The van der Waals surface area contributed by atoms with Gasteiger partial charge >= 0.3 is 0 Å². The monoisotopic (exact) mass is 394 g/mol. The Balaban J connectivity index is 1.16. The van der Waals surface area contributed by atoms with Crippen LogP contribution in [0, 0.1) is 11.7 Å². The number of rotatable bonds is 7. The maximum Gasteiger partial charge on any atom is 0.220 e. The number of aromatic amines is 1. The second-order valence-corrected chi connectivity index (χ2v) is 7.86. The van der Waals surface area contributed by atoms with Crippen molar-refractivity contribution in [3.05, 3.63) is 65.7 Å². The van der Waals surface area contributed by atoms with Crippen LogP contribution < -0.4 is 5.32 Å². The summed E-state index contributed by atoms with van der Waals surface area (Å²) in [5.41, 5.74) is 3.02. The Morgan fingerprint density at radius 2 is 1.90 bits per heavy atom. The molecule has 1 aliphatic heterocycles. The first-order chi connectivity index (χ1) is 14.2. The van der Waals surface area contributed by atoms with Crippen LogP contribution in [-0.4, -0.2) is 33.9 Å². The predicted molar refractivity (Wildman–Crippen MR) is 112 cm³/mol. The van der Waals surface area contributed by atoms with Gasteiger partial charge in [-0.15, -0.1) is 0 Å². The van der Waals surface area contributed by atoms with Gasteiger partial charge in [0.15, 0.2) is 0 Å². The summed E-state index contributed by atoms with van der Waals surface area (Å²) in [5, 5.41) is 2.93. The van der Waals surface area contributed by atoms with Crippen LogP contribution >= 0.6 is 0 Å². The van der Waals surface area contributed by atoms with E-state index in [0.29, 0.717) is 18.9 Å². The van der Waals surface area contributed by atoms with Crippen molar-refractivity contribution in [2.45, 2.75) is 38.8 Å². The van der Waals surface area contributed by atoms with E-state index in [-0.39, 0.29) is 11.7 Å². The van der Waals surface area contributed by atoms with E-state index in [2.05, 4.69) is 26.3 Å². The molecule has 1 amide bonds. The molecule has 0 unspecified atom stereocenters. The molecule has 0 saturated carbocycles. The zero-order valence-electron chi connectivity index (χ0n) is 16.5. The largest absolute Gasteiger partial charge is 0.352 e. The molecule has 152 valence electrons. The van der Waals surface area contributed by atoms with Gasteiger partial charge in [-0.2, -0.15) is 0 Å². The Morgan fingerprint density at radius 1 is 1.14 bits per heavy atom. The quantitative estimate of drug-likeness (QED) is 0.637. The van der Waals surface area contributed by atoms with Crippen LogP contribution in [0.4, 0.5) is 4.39 Å². The Kier molecular flexibility index (Phi) is 6.20. The Bertz CT molecular complexity index is 912. The lowest BCUT2D eigenvalue weighted by molar-refractivity contribution is -0.121. The molecule has 1 aliphatic rings. The first kappa shape index (κ1) is 19.6. The average molecular weight is 394 g/mol. The number of aromatic nitrogens is 2. The number of fused-ring (bicyclic) bond motifs is 1. The second-order valence-electron chi connectivity index (χ2n) is 7.86. The lowest BCUT2D eigenvalue weighted by Crippen LogP contribution is -2.34. The number of amides is 1. The van der Waals surface area contributed by atoms with E-state index in [0.717, 1.165) is 61.3 Å². The maximum atomic E-state index is 12.9. The minimum atomic E-state index is -0.258. The summed E-state index contributed by atoms with van der Waals surface area (Å²) in [6, 6.07) is 14.4. The number of nitrogens with one attached hydrogen (secondary N) is 2. The number of halogens is 1. The van der Waals surface area contributed by atoms with Crippen molar-refractivity contribution in [1.82, 2.24) is 20.2 Å². The van der Waals surface area contributed by atoms with Gasteiger partial charge in [0.1, 0.15) is 11.6 Å². The summed E-state index contributed by atoms with van der Waals surface area (Å²) >= 11 is 0. The van der Waals surface area contributed by atoms with Gasteiger partial charge in [0.05, 0.1) is 17.6 Å². The SMILES string of the molecule is O=C(CCC1CCN(Cc2nc3ccccc3[nH]2)CC1)NCc1ccc(F)cc1. The van der Waals surface area contributed by atoms with Crippen LogP contribution in [0.15, 0.2) is 48.5 Å². The van der Waals surface area contributed by atoms with Gasteiger partial charge in [-0.05, 0) is 68.1 Å². The van der Waals surface area contributed by atoms with Crippen LogP contribution in [-0.2, 0) is 17.9 Å². The average Bonchev–Trinajstić information content (AvgIpc) is 3.15. The Morgan fingerprint density at radius 3 is 2.66 bits per heavy atom. The van der Waals surface area contributed by atoms with Gasteiger partial charge in [-0.3, -0.25) is 9.69 Å². The lowest BCUT2D eigenvalue weighted by Gasteiger charge is -2.31. The van der Waals surface area contributed by atoms with Crippen molar-refractivity contribution < 1.29 is 9.18 Å². The van der Waals surface area contributed by atoms with Crippen molar-refractivity contribution in [3.63, 3.8) is 0 Å². The Hall–Kier alpha value is -2.73. The van der Waals surface area contributed by atoms with Crippen molar-refractivity contribution in [2.75, 3.05) is 13.1 Å². The lowest BCUT2D eigenvalue weighted by atomic mass is 9.92. The summed E-state index contributed by atoms with van der Waals surface area (Å²) in [6.07, 6.45) is 3.71. The fourth-order valence-corrected chi connectivity index (χ4v) is 3.95. The first-order valence-electron chi connectivity index (χ1n) is 10.3. The number of hydrogen-bond acceptors (Lipinski definition) is 3. The van der Waals surface area contributed by atoms with Crippen LogP contribution in [0.2, 0.25) is 0 Å². The number of benzene rings is 2. The highest BCUT2D eigenvalue weighted by atomic mass is 19.1. The summed E-state index contributed by atoms with van der Waals surface area (Å²) in [5.74, 6) is 1.43. The third-order valence-electron chi connectivity index (χ3n) is 5.70. The van der Waals surface area contributed by atoms with Crippen LogP contribution in [0.25, 0.3) is 11.0 Å². The number of nitrogens with zero attached hydrogens (tertiary/aromatic N) is 2. The van der Waals surface area contributed by atoms with Gasteiger partial charge in [0, 0.05) is 13.0 Å². The topological polar surface area (TPSA) is 61.0 Å². The summed E-state index contributed by atoms with van der Waals surface area (Å²) in [7, 11) is 0. The van der Waals surface area contributed by atoms with Crippen molar-refractivity contribution in [2.24, 2.45) is 5.92 Å². The third kappa shape index (κ3) is 5.41. The predicted octanol–water partition coefficient (Wildman–Crippen LogP) is 4.01. The zero-order chi connectivity index (χ0) is 20.1. The molecule has 0 bridgehead atoms. The smallest absolute Gasteiger partial charge is 0.220 e. The normalized spacial score (nSPS) is 15.6. The standard InChI is InChI=1S/C23H27FN4O/c24-19-8-5-18(6-9-19)15-25-23(29)10-7-17-11-13-28(14-12-17)16-22-26-20-3-1-2-4-21(20)27-22/h1-6,8-9,17H,7,10-16H2,(H,25,29)(H,26,27). The highest BCUT2D eigenvalue weighted by Gasteiger charge is 2.20. The number of likely N-dealkylation sites (tertiary alicyclic amines) is 1. The van der Waals surface area contributed by atoms with E-state index in [1.165, 1.54) is 12.1 Å². The van der Waals surface area contributed by atoms with Gasteiger partial charge in [-0.25, -0.2) is 9.37 Å². The molecular weight excluding hydrogens is 367 g/mol. The van der Waals surface area contributed by atoms with Crippen molar-refractivity contribution in [1.29, 1.82) is 0 Å². The zero-order valence-corrected chi connectivity index (χ0v) is 16.5. The Labute approximate surface area is 170 Å². The molecule has 0 radical (unpaired) electrons. The van der Waals surface area contributed by atoms with Gasteiger partial charge in [-0.1, -0.05) is 24.3 Å². The fourth-order valence-electron chi connectivity index (χ4n) is 3.95. The van der Waals surface area contributed by atoms with E-state index in [1.54, 1.807) is 12.1 Å². The van der Waals surface area contributed by atoms with Crippen LogP contribution in [0.1, 0.15) is 37.1 Å². The molecule has 2 N–H and O–H groups in total. The number of imidazole rings is 1. The molecule has 1 saturated heterocycles. The molecule has 4 rings (SSSR count). The summed E-state index contributed by atoms with van der Waals surface area (Å²) < 4.78 is 12.9. The molecule has 1 aromatic heterocycles. The van der Waals surface area contributed by atoms with Gasteiger partial charge in [0.25, 0.3) is 0 Å². The number of carbonyl (C=O) groups excluding carboxylic acids is 1. The molecule has 2 heterocycles. The number of piperidine rings is 1. The molecule has 2 aromatic carbocycles. The van der Waals surface area contributed by atoms with E-state index in [1.807, 2.05) is 18.2 Å².